The zero-order valence-electron chi connectivity index (χ0n) is 14.2. The monoisotopic (exact) mass is 413 g/mol. The normalized spacial score (nSPS) is 15.2. The fraction of sp³-hybridized carbons (Fsp3) is 0.150. The minimum absolute atomic E-state index is 0.198. The van der Waals surface area contributed by atoms with Crippen LogP contribution in [-0.2, 0) is 14.3 Å². The van der Waals surface area contributed by atoms with Crippen molar-refractivity contribution in [3.8, 4) is 5.75 Å². The first-order valence-corrected chi connectivity index (χ1v) is 8.82. The molecule has 132 valence electrons. The van der Waals surface area contributed by atoms with Crippen LogP contribution >= 0.6 is 15.9 Å². The van der Waals surface area contributed by atoms with Crippen LogP contribution < -0.4 is 4.74 Å². The molecule has 0 atom stereocenters. The minimum Gasteiger partial charge on any atom is -0.426 e. The van der Waals surface area contributed by atoms with Crippen LogP contribution in [0.15, 0.2) is 63.7 Å². The third-order valence-corrected chi connectivity index (χ3v) is 4.06. The smallest absolute Gasteiger partial charge is 0.363 e. The lowest BCUT2D eigenvalue weighted by Gasteiger charge is -2.06. The van der Waals surface area contributed by atoms with E-state index in [4.69, 9.17) is 9.47 Å². The lowest BCUT2D eigenvalue weighted by Crippen LogP contribution is -2.14. The van der Waals surface area contributed by atoms with Crippen molar-refractivity contribution in [3.05, 3.63) is 69.8 Å². The molecule has 2 aromatic rings. The number of esters is 2. The third-order valence-electron chi connectivity index (χ3n) is 3.57. The largest absolute Gasteiger partial charge is 0.426 e. The Bertz CT molecular complexity index is 914. The SMILES string of the molecule is CC(C)C(=O)Oc1ccc(C=C2N=C(c3cccc(Br)c3)OC2=O)cc1. The van der Waals surface area contributed by atoms with Gasteiger partial charge in [0, 0.05) is 10.0 Å². The van der Waals surface area contributed by atoms with Crippen molar-refractivity contribution in [1.82, 2.24) is 0 Å². The minimum atomic E-state index is -0.504. The molecular weight excluding hydrogens is 398 g/mol. The highest BCUT2D eigenvalue weighted by Gasteiger charge is 2.24. The summed E-state index contributed by atoms with van der Waals surface area (Å²) in [7, 11) is 0. The molecule has 0 unspecified atom stereocenters. The first-order chi connectivity index (χ1) is 12.4. The number of hydrogen-bond acceptors (Lipinski definition) is 5. The molecule has 5 nitrogen and oxygen atoms in total. The average molecular weight is 414 g/mol. The maximum absolute atomic E-state index is 12.0. The number of aliphatic imine (C=N–C) groups is 1. The van der Waals surface area contributed by atoms with Gasteiger partial charge in [-0.25, -0.2) is 9.79 Å². The summed E-state index contributed by atoms with van der Waals surface area (Å²) in [6.07, 6.45) is 1.63. The van der Waals surface area contributed by atoms with Crippen LogP contribution in [0.4, 0.5) is 0 Å². The molecule has 1 heterocycles. The summed E-state index contributed by atoms with van der Waals surface area (Å²) in [4.78, 5) is 27.9. The van der Waals surface area contributed by atoms with Crippen molar-refractivity contribution in [2.45, 2.75) is 13.8 Å². The van der Waals surface area contributed by atoms with Gasteiger partial charge < -0.3 is 9.47 Å². The number of carbonyl (C=O) groups is 2. The standard InChI is InChI=1S/C20H16BrNO4/c1-12(2)19(23)25-16-8-6-13(7-9-16)10-17-20(24)26-18(22-17)14-4-3-5-15(21)11-14/h3-12H,1-2H3. The van der Waals surface area contributed by atoms with E-state index in [-0.39, 0.29) is 23.5 Å². The number of rotatable bonds is 4. The quantitative estimate of drug-likeness (QED) is 0.424. The average Bonchev–Trinajstić information content (AvgIpc) is 2.97. The van der Waals surface area contributed by atoms with Crippen LogP contribution in [0, 0.1) is 5.92 Å². The Labute approximate surface area is 159 Å². The highest BCUT2D eigenvalue weighted by molar-refractivity contribution is 9.10. The van der Waals surface area contributed by atoms with E-state index in [0.717, 1.165) is 10.0 Å². The molecule has 1 aliphatic rings. The van der Waals surface area contributed by atoms with E-state index in [1.165, 1.54) is 0 Å². The van der Waals surface area contributed by atoms with Crippen LogP contribution in [0.1, 0.15) is 25.0 Å². The van der Waals surface area contributed by atoms with Gasteiger partial charge in [0.15, 0.2) is 5.70 Å². The summed E-state index contributed by atoms with van der Waals surface area (Å²) in [5, 5.41) is 0. The van der Waals surface area contributed by atoms with E-state index in [9.17, 15) is 9.59 Å². The summed E-state index contributed by atoms with van der Waals surface area (Å²) in [6, 6.07) is 14.2. The molecule has 0 saturated carbocycles. The zero-order chi connectivity index (χ0) is 18.7. The van der Waals surface area contributed by atoms with Gasteiger partial charge in [0.25, 0.3) is 0 Å². The highest BCUT2D eigenvalue weighted by atomic mass is 79.9. The molecule has 0 aliphatic carbocycles. The van der Waals surface area contributed by atoms with E-state index in [1.807, 2.05) is 24.3 Å². The molecular formula is C20H16BrNO4. The van der Waals surface area contributed by atoms with E-state index >= 15 is 0 Å². The molecule has 26 heavy (non-hydrogen) atoms. The summed E-state index contributed by atoms with van der Waals surface area (Å²) in [5.74, 6) is -0.270. The van der Waals surface area contributed by atoms with Gasteiger partial charge in [-0.2, -0.15) is 0 Å². The predicted octanol–water partition coefficient (Wildman–Crippen LogP) is 4.36. The maximum atomic E-state index is 12.0. The maximum Gasteiger partial charge on any atom is 0.363 e. The first kappa shape index (κ1) is 18.1. The van der Waals surface area contributed by atoms with Gasteiger partial charge in [-0.05, 0) is 42.0 Å². The molecule has 0 amide bonds. The third kappa shape index (κ3) is 4.26. The van der Waals surface area contributed by atoms with Crippen LogP contribution in [0.25, 0.3) is 6.08 Å². The van der Waals surface area contributed by atoms with Crippen molar-refractivity contribution in [2.24, 2.45) is 10.9 Å². The van der Waals surface area contributed by atoms with Crippen LogP contribution in [0.3, 0.4) is 0 Å². The molecule has 0 spiro atoms. The second-order valence-electron chi connectivity index (χ2n) is 5.99. The van der Waals surface area contributed by atoms with E-state index in [1.54, 1.807) is 44.2 Å². The molecule has 3 rings (SSSR count). The number of nitrogens with zero attached hydrogens (tertiary/aromatic N) is 1. The highest BCUT2D eigenvalue weighted by Crippen LogP contribution is 2.22. The molecule has 0 fully saturated rings. The van der Waals surface area contributed by atoms with E-state index < -0.39 is 5.97 Å². The van der Waals surface area contributed by atoms with Gasteiger partial charge in [-0.1, -0.05) is 48.0 Å². The lowest BCUT2D eigenvalue weighted by atomic mass is 10.2. The molecule has 0 saturated heterocycles. The number of hydrogen-bond donors (Lipinski definition) is 0. The summed E-state index contributed by atoms with van der Waals surface area (Å²) >= 11 is 3.38. The van der Waals surface area contributed by atoms with Gasteiger partial charge in [-0.15, -0.1) is 0 Å². The lowest BCUT2D eigenvalue weighted by molar-refractivity contribution is -0.137. The second kappa shape index (κ2) is 7.66. The fourth-order valence-electron chi connectivity index (χ4n) is 2.18. The number of carbonyl (C=O) groups excluding carboxylic acids is 2. The van der Waals surface area contributed by atoms with Gasteiger partial charge >= 0.3 is 11.9 Å². The van der Waals surface area contributed by atoms with E-state index in [2.05, 4.69) is 20.9 Å². The molecule has 2 aromatic carbocycles. The Kier molecular flexibility index (Phi) is 5.32. The van der Waals surface area contributed by atoms with E-state index in [0.29, 0.717) is 11.3 Å². The molecule has 6 heteroatoms. The van der Waals surface area contributed by atoms with Crippen molar-refractivity contribution in [1.29, 1.82) is 0 Å². The van der Waals surface area contributed by atoms with Gasteiger partial charge in [0.1, 0.15) is 5.75 Å². The molecule has 0 N–H and O–H groups in total. The summed E-state index contributed by atoms with van der Waals surface area (Å²) in [6.45, 7) is 3.54. The van der Waals surface area contributed by atoms with Gasteiger partial charge in [0.05, 0.1) is 5.92 Å². The Balaban J connectivity index is 1.79. The Hall–Kier alpha value is -2.73. The molecule has 0 bridgehead atoms. The van der Waals surface area contributed by atoms with Crippen molar-refractivity contribution >= 4 is 39.8 Å². The summed E-state index contributed by atoms with van der Waals surface area (Å²) in [5.41, 5.74) is 1.68. The van der Waals surface area contributed by atoms with Gasteiger partial charge in [-0.3, -0.25) is 4.79 Å². The molecule has 1 aliphatic heterocycles. The van der Waals surface area contributed by atoms with Crippen molar-refractivity contribution in [2.75, 3.05) is 0 Å². The number of benzene rings is 2. The Morgan fingerprint density at radius 1 is 1.19 bits per heavy atom. The Morgan fingerprint density at radius 2 is 1.92 bits per heavy atom. The molecule has 0 radical (unpaired) electrons. The Morgan fingerprint density at radius 3 is 2.58 bits per heavy atom. The second-order valence-corrected chi connectivity index (χ2v) is 6.91. The van der Waals surface area contributed by atoms with Gasteiger partial charge in [0.2, 0.25) is 5.90 Å². The number of ether oxygens (including phenoxy) is 2. The first-order valence-electron chi connectivity index (χ1n) is 8.02. The fourth-order valence-corrected chi connectivity index (χ4v) is 2.58. The molecule has 0 aromatic heterocycles. The van der Waals surface area contributed by atoms with Crippen LogP contribution in [-0.4, -0.2) is 17.8 Å². The van der Waals surface area contributed by atoms with Crippen LogP contribution in [0.2, 0.25) is 0 Å². The van der Waals surface area contributed by atoms with Crippen molar-refractivity contribution < 1.29 is 19.1 Å². The number of halogens is 1. The topological polar surface area (TPSA) is 65.0 Å². The zero-order valence-corrected chi connectivity index (χ0v) is 15.8. The van der Waals surface area contributed by atoms with Crippen LogP contribution in [0.5, 0.6) is 5.75 Å². The summed E-state index contributed by atoms with van der Waals surface area (Å²) < 4.78 is 11.3. The number of cyclic esters (lactones) is 1. The predicted molar refractivity (Wildman–Crippen MR) is 102 cm³/mol. The van der Waals surface area contributed by atoms with Crippen molar-refractivity contribution in [3.63, 3.8) is 0 Å².